The van der Waals surface area contributed by atoms with E-state index in [1.807, 2.05) is 30.3 Å². The minimum Gasteiger partial charge on any atom is -0.368 e. The number of nitrogens with zero attached hydrogens (tertiary/aromatic N) is 3. The van der Waals surface area contributed by atoms with Crippen molar-refractivity contribution in [3.05, 3.63) is 107 Å². The Kier molecular flexibility index (Phi) is 5.82. The molecule has 2 aromatic carbocycles. The number of carbonyl (C=O) groups excluding carboxylic acids is 2. The number of benzene rings is 2. The number of rotatable bonds is 8. The van der Waals surface area contributed by atoms with Crippen molar-refractivity contribution in [3.8, 4) is 11.3 Å². The van der Waals surface area contributed by atoms with E-state index in [4.69, 9.17) is 4.98 Å². The van der Waals surface area contributed by atoms with Crippen LogP contribution in [0.1, 0.15) is 27.0 Å². The molecule has 4 aromatic rings. The summed E-state index contributed by atoms with van der Waals surface area (Å²) in [7, 11) is 0. The average Bonchev–Trinajstić information content (AvgIpc) is 3.14. The summed E-state index contributed by atoms with van der Waals surface area (Å²) in [5.41, 5.74) is 4.60. The molecule has 0 atom stereocenters. The van der Waals surface area contributed by atoms with E-state index in [0.29, 0.717) is 41.3 Å². The molecule has 7 heteroatoms. The van der Waals surface area contributed by atoms with Gasteiger partial charge in [0.15, 0.2) is 11.6 Å². The van der Waals surface area contributed by atoms with Crippen molar-refractivity contribution in [2.24, 2.45) is 0 Å². The molecule has 0 radical (unpaired) electrons. The Labute approximate surface area is 196 Å². The zero-order valence-corrected chi connectivity index (χ0v) is 18.2. The van der Waals surface area contributed by atoms with E-state index in [1.165, 1.54) is 17.0 Å². The summed E-state index contributed by atoms with van der Waals surface area (Å²) in [5, 5.41) is 3.30. The number of hydrogen-bond donors (Lipinski definition) is 1. The Bertz CT molecular complexity index is 1370. The Morgan fingerprint density at radius 3 is 2.53 bits per heavy atom. The van der Waals surface area contributed by atoms with E-state index in [0.717, 1.165) is 23.1 Å². The highest BCUT2D eigenvalue weighted by molar-refractivity contribution is 6.21. The van der Waals surface area contributed by atoms with Gasteiger partial charge in [-0.3, -0.25) is 14.6 Å². The van der Waals surface area contributed by atoms with Gasteiger partial charge >= 0.3 is 0 Å². The van der Waals surface area contributed by atoms with E-state index in [9.17, 15) is 14.0 Å². The lowest BCUT2D eigenvalue weighted by Gasteiger charge is -2.22. The topological polar surface area (TPSA) is 75.2 Å². The number of pyridine rings is 2. The fourth-order valence-corrected chi connectivity index (χ4v) is 4.15. The van der Waals surface area contributed by atoms with Crippen molar-refractivity contribution in [3.63, 3.8) is 0 Å². The van der Waals surface area contributed by atoms with Crippen molar-refractivity contribution in [1.29, 1.82) is 0 Å². The molecule has 0 aliphatic heterocycles. The van der Waals surface area contributed by atoms with Crippen LogP contribution in [0, 0.1) is 5.82 Å². The maximum absolute atomic E-state index is 13.6. The van der Waals surface area contributed by atoms with Gasteiger partial charge in [-0.1, -0.05) is 42.5 Å². The highest BCUT2D eigenvalue weighted by Gasteiger charge is 2.30. The van der Waals surface area contributed by atoms with Gasteiger partial charge in [0.05, 0.1) is 23.5 Å². The molecule has 1 aliphatic carbocycles. The first-order valence-electron chi connectivity index (χ1n) is 10.9. The lowest BCUT2D eigenvalue weighted by molar-refractivity contribution is -0.107. The minimum absolute atomic E-state index is 0.113. The third-order valence-corrected chi connectivity index (χ3v) is 5.78. The molecule has 0 unspecified atom stereocenters. The van der Waals surface area contributed by atoms with Gasteiger partial charge in [-0.25, -0.2) is 9.37 Å². The van der Waals surface area contributed by atoms with Crippen LogP contribution in [0.25, 0.3) is 11.3 Å². The fraction of sp³-hybridized carbons (Fsp3) is 0.111. The fourth-order valence-electron chi connectivity index (χ4n) is 4.15. The monoisotopic (exact) mass is 452 g/mol. The summed E-state index contributed by atoms with van der Waals surface area (Å²) in [6, 6.07) is 19.2. The molecule has 0 saturated carbocycles. The molecule has 6 nitrogen and oxygen atoms in total. The van der Waals surface area contributed by atoms with Crippen LogP contribution in [0.4, 0.5) is 15.9 Å². The quantitative estimate of drug-likeness (QED) is 0.347. The van der Waals surface area contributed by atoms with Gasteiger partial charge in [0.25, 0.3) is 0 Å². The number of hydrogen-bond acceptors (Lipinski definition) is 5. The number of carbonyl (C=O) groups is 2. The number of aromatic nitrogens is 2. The highest BCUT2D eigenvalue weighted by atomic mass is 19.1. The lowest BCUT2D eigenvalue weighted by Crippen LogP contribution is -2.23. The molecule has 0 saturated heterocycles. The first kappa shape index (κ1) is 21.5. The number of ketones is 1. The van der Waals surface area contributed by atoms with Gasteiger partial charge in [0, 0.05) is 30.1 Å². The third-order valence-electron chi connectivity index (χ3n) is 5.78. The molecular formula is C27H21FN4O2. The molecule has 2 heterocycles. The van der Waals surface area contributed by atoms with Crippen molar-refractivity contribution < 1.29 is 14.0 Å². The number of nitrogens with one attached hydrogen (secondary N) is 1. The summed E-state index contributed by atoms with van der Waals surface area (Å²) < 4.78 is 13.6. The molecule has 1 amide bonds. The first-order valence-corrected chi connectivity index (χ1v) is 10.9. The zero-order chi connectivity index (χ0) is 23.5. The molecule has 0 bridgehead atoms. The molecule has 5 rings (SSSR count). The van der Waals surface area contributed by atoms with Gasteiger partial charge in [0.2, 0.25) is 6.41 Å². The zero-order valence-electron chi connectivity index (χ0n) is 18.2. The van der Waals surface area contributed by atoms with Crippen molar-refractivity contribution in [2.45, 2.75) is 13.0 Å². The molecule has 168 valence electrons. The Morgan fingerprint density at radius 1 is 0.941 bits per heavy atom. The second-order valence-electron chi connectivity index (χ2n) is 8.03. The molecule has 0 fully saturated rings. The van der Waals surface area contributed by atoms with Crippen molar-refractivity contribution in [1.82, 2.24) is 9.97 Å². The van der Waals surface area contributed by atoms with Crippen molar-refractivity contribution >= 4 is 23.7 Å². The number of amides is 1. The van der Waals surface area contributed by atoms with E-state index in [1.54, 1.807) is 36.7 Å². The summed E-state index contributed by atoms with van der Waals surface area (Å²) in [6.45, 7) is 0.745. The molecular weight excluding hydrogens is 431 g/mol. The predicted octanol–water partition coefficient (Wildman–Crippen LogP) is 4.64. The molecule has 1 N–H and O–H groups in total. The van der Waals surface area contributed by atoms with Crippen LogP contribution < -0.4 is 10.2 Å². The minimum atomic E-state index is -0.285. The smallest absolute Gasteiger partial charge is 0.214 e. The van der Waals surface area contributed by atoms with Crippen molar-refractivity contribution in [2.75, 3.05) is 16.8 Å². The normalized spacial score (nSPS) is 11.6. The van der Waals surface area contributed by atoms with Crippen LogP contribution >= 0.6 is 0 Å². The number of halogens is 1. The number of fused-ring (bicyclic) bond motifs is 3. The van der Waals surface area contributed by atoms with Crippen LogP contribution in [0.3, 0.4) is 0 Å². The van der Waals surface area contributed by atoms with Gasteiger partial charge < -0.3 is 10.2 Å². The summed E-state index contributed by atoms with van der Waals surface area (Å²) in [6.07, 6.45) is 4.65. The Hall–Kier alpha value is -4.39. The second kappa shape index (κ2) is 9.23. The molecule has 0 spiro atoms. The Balaban J connectivity index is 1.51. The predicted molar refractivity (Wildman–Crippen MR) is 128 cm³/mol. The van der Waals surface area contributed by atoms with Gasteiger partial charge in [-0.05, 0) is 41.8 Å². The first-order chi connectivity index (χ1) is 16.6. The maximum Gasteiger partial charge on any atom is 0.214 e. The van der Waals surface area contributed by atoms with E-state index >= 15 is 0 Å². The standard InChI is InChI=1S/C27H21FN4O2/c28-20-7-3-5-18(13-20)10-12-30-27-24(32(17-33)16-19-6-4-11-29-15-19)14-23-25(31-27)21-8-1-2-9-22(21)26(23)34/h1-9,11,13-15,17H,10,12,16H2,(H,30,31). The molecule has 2 aromatic heterocycles. The van der Waals surface area contributed by atoms with Gasteiger partial charge in [-0.15, -0.1) is 0 Å². The van der Waals surface area contributed by atoms with E-state index in [-0.39, 0.29) is 18.1 Å². The van der Waals surface area contributed by atoms with Crippen LogP contribution in [-0.4, -0.2) is 28.7 Å². The van der Waals surface area contributed by atoms with Crippen LogP contribution in [0.5, 0.6) is 0 Å². The average molecular weight is 452 g/mol. The Morgan fingerprint density at radius 2 is 1.76 bits per heavy atom. The highest BCUT2D eigenvalue weighted by Crippen LogP contribution is 2.39. The maximum atomic E-state index is 13.6. The third kappa shape index (κ3) is 4.15. The summed E-state index contributed by atoms with van der Waals surface area (Å²) in [5.74, 6) is 0.0844. The van der Waals surface area contributed by atoms with Gasteiger partial charge in [-0.2, -0.15) is 0 Å². The molecule has 34 heavy (non-hydrogen) atoms. The lowest BCUT2D eigenvalue weighted by atomic mass is 10.1. The van der Waals surface area contributed by atoms with E-state index in [2.05, 4.69) is 10.3 Å². The van der Waals surface area contributed by atoms with E-state index < -0.39 is 0 Å². The summed E-state index contributed by atoms with van der Waals surface area (Å²) in [4.78, 5) is 35.6. The van der Waals surface area contributed by atoms with Gasteiger partial charge in [0.1, 0.15) is 5.82 Å². The van der Waals surface area contributed by atoms with Crippen LogP contribution in [0.2, 0.25) is 0 Å². The number of anilines is 2. The SMILES string of the molecule is O=CN(Cc1cccnc1)c1cc2c(nc1NCCc1cccc(F)c1)-c1ccccc1C2=O. The largest absolute Gasteiger partial charge is 0.368 e. The van der Waals surface area contributed by atoms with Crippen LogP contribution in [0.15, 0.2) is 79.1 Å². The van der Waals surface area contributed by atoms with Crippen LogP contribution in [-0.2, 0) is 17.8 Å². The summed E-state index contributed by atoms with van der Waals surface area (Å²) >= 11 is 0. The molecule has 1 aliphatic rings. The second-order valence-corrected chi connectivity index (χ2v) is 8.03.